The Morgan fingerprint density at radius 3 is 2.55 bits per heavy atom. The summed E-state index contributed by atoms with van der Waals surface area (Å²) in [6, 6.07) is 2.92. The van der Waals surface area contributed by atoms with Crippen molar-refractivity contribution in [2.24, 2.45) is 0 Å². The van der Waals surface area contributed by atoms with Crippen LogP contribution in [0.25, 0.3) is 0 Å². The van der Waals surface area contributed by atoms with Gasteiger partial charge in [-0.25, -0.2) is 9.78 Å². The first kappa shape index (κ1) is 15.8. The van der Waals surface area contributed by atoms with Crippen LogP contribution in [0, 0.1) is 20.8 Å². The van der Waals surface area contributed by atoms with Crippen LogP contribution in [0.3, 0.4) is 0 Å². The van der Waals surface area contributed by atoms with Gasteiger partial charge in [0, 0.05) is 11.6 Å². The molecule has 0 radical (unpaired) electrons. The molecule has 2 N–H and O–H groups in total. The molecule has 2 amide bonds. The molecule has 0 bridgehead atoms. The lowest BCUT2D eigenvalue weighted by molar-refractivity contribution is 0.249. The van der Waals surface area contributed by atoms with Gasteiger partial charge in [0.05, 0.1) is 30.2 Å². The number of rotatable bonds is 4. The minimum absolute atomic E-state index is 0.210. The highest BCUT2D eigenvalue weighted by molar-refractivity contribution is 5.90. The zero-order valence-corrected chi connectivity index (χ0v) is 13.4. The average Bonchev–Trinajstić information content (AvgIpc) is 2.80. The number of amides is 2. The topological polar surface area (TPSA) is 89.3 Å². The molecule has 118 valence electrons. The highest BCUT2D eigenvalue weighted by Gasteiger charge is 2.18. The van der Waals surface area contributed by atoms with Crippen LogP contribution in [-0.4, -0.2) is 23.3 Å². The fourth-order valence-corrected chi connectivity index (χ4v) is 2.32. The first-order chi connectivity index (χ1) is 10.4. The number of anilines is 1. The van der Waals surface area contributed by atoms with Crippen LogP contribution >= 0.6 is 0 Å². The van der Waals surface area contributed by atoms with Gasteiger partial charge in [0.2, 0.25) is 5.88 Å². The fraction of sp³-hybridized carbons (Fsp3) is 0.400. The van der Waals surface area contributed by atoms with Crippen LogP contribution in [0.15, 0.2) is 16.7 Å². The standard InChI is InChI=1S/C15H20N4O3/c1-8-12(6-7-13(16-8)21-5)18-15(20)17-9(2)14-10(3)19-22-11(14)4/h6-7,9H,1-5H3,(H2,17,18,20)/t9-/m0/s1. The Kier molecular flexibility index (Phi) is 4.65. The summed E-state index contributed by atoms with van der Waals surface area (Å²) < 4.78 is 10.2. The number of nitrogens with zero attached hydrogens (tertiary/aromatic N) is 2. The van der Waals surface area contributed by atoms with Gasteiger partial charge < -0.3 is 19.9 Å². The highest BCUT2D eigenvalue weighted by Crippen LogP contribution is 2.21. The third-order valence-corrected chi connectivity index (χ3v) is 3.39. The number of hydrogen-bond acceptors (Lipinski definition) is 5. The third kappa shape index (κ3) is 3.36. The Hall–Kier alpha value is -2.57. The minimum atomic E-state index is -0.317. The average molecular weight is 304 g/mol. The number of methoxy groups -OCH3 is 1. The number of aryl methyl sites for hydroxylation is 3. The molecule has 0 aliphatic heterocycles. The van der Waals surface area contributed by atoms with Gasteiger partial charge in [-0.05, 0) is 33.8 Å². The molecule has 0 saturated heterocycles. The number of pyridine rings is 1. The second-order valence-corrected chi connectivity index (χ2v) is 5.04. The fourth-order valence-electron chi connectivity index (χ4n) is 2.32. The van der Waals surface area contributed by atoms with Crippen molar-refractivity contribution in [1.82, 2.24) is 15.5 Å². The van der Waals surface area contributed by atoms with Crippen molar-refractivity contribution in [2.75, 3.05) is 12.4 Å². The van der Waals surface area contributed by atoms with E-state index < -0.39 is 0 Å². The Labute approximate surface area is 129 Å². The van der Waals surface area contributed by atoms with Crippen molar-refractivity contribution in [2.45, 2.75) is 33.7 Å². The molecule has 0 unspecified atom stereocenters. The van der Waals surface area contributed by atoms with Crippen LogP contribution in [0.4, 0.5) is 10.5 Å². The number of nitrogens with one attached hydrogen (secondary N) is 2. The molecule has 0 fully saturated rings. The van der Waals surface area contributed by atoms with E-state index in [4.69, 9.17) is 9.26 Å². The largest absolute Gasteiger partial charge is 0.481 e. The third-order valence-electron chi connectivity index (χ3n) is 3.39. The number of carbonyl (C=O) groups excluding carboxylic acids is 1. The molecule has 2 aromatic rings. The van der Waals surface area contributed by atoms with Crippen molar-refractivity contribution in [3.05, 3.63) is 34.8 Å². The van der Waals surface area contributed by atoms with Gasteiger partial charge in [-0.3, -0.25) is 0 Å². The molecule has 22 heavy (non-hydrogen) atoms. The Morgan fingerprint density at radius 2 is 2.00 bits per heavy atom. The Morgan fingerprint density at radius 1 is 1.27 bits per heavy atom. The molecule has 7 heteroatoms. The van der Waals surface area contributed by atoms with Crippen LogP contribution in [-0.2, 0) is 0 Å². The molecule has 1 atom stereocenters. The van der Waals surface area contributed by atoms with Crippen LogP contribution in [0.1, 0.15) is 35.7 Å². The predicted octanol–water partition coefficient (Wildman–Crippen LogP) is 2.89. The summed E-state index contributed by atoms with van der Waals surface area (Å²) in [4.78, 5) is 16.3. The number of aromatic nitrogens is 2. The normalized spacial score (nSPS) is 11.9. The summed E-state index contributed by atoms with van der Waals surface area (Å²) in [5.41, 5.74) is 2.97. The van der Waals surface area contributed by atoms with Gasteiger partial charge in [-0.15, -0.1) is 0 Å². The molecule has 2 aromatic heterocycles. The SMILES string of the molecule is COc1ccc(NC(=O)N[C@@H](C)c2c(C)noc2C)c(C)n1. The molecule has 0 aliphatic rings. The molecule has 0 spiro atoms. The van der Waals surface area contributed by atoms with Crippen LogP contribution < -0.4 is 15.4 Å². The van der Waals surface area contributed by atoms with E-state index in [2.05, 4.69) is 20.8 Å². The van der Waals surface area contributed by atoms with E-state index in [1.54, 1.807) is 26.2 Å². The maximum absolute atomic E-state index is 12.1. The highest BCUT2D eigenvalue weighted by atomic mass is 16.5. The maximum Gasteiger partial charge on any atom is 0.319 e. The van der Waals surface area contributed by atoms with Crippen molar-refractivity contribution in [3.8, 4) is 5.88 Å². The van der Waals surface area contributed by atoms with E-state index in [-0.39, 0.29) is 12.1 Å². The van der Waals surface area contributed by atoms with Gasteiger partial charge in [0.1, 0.15) is 5.76 Å². The molecule has 7 nitrogen and oxygen atoms in total. The number of ether oxygens (including phenoxy) is 1. The minimum Gasteiger partial charge on any atom is -0.481 e. The summed E-state index contributed by atoms with van der Waals surface area (Å²) in [5, 5.41) is 9.52. The lowest BCUT2D eigenvalue weighted by Gasteiger charge is -2.15. The number of urea groups is 1. The van der Waals surface area contributed by atoms with Gasteiger partial charge >= 0.3 is 6.03 Å². The van der Waals surface area contributed by atoms with Crippen molar-refractivity contribution in [3.63, 3.8) is 0 Å². The Balaban J connectivity index is 2.04. The zero-order valence-electron chi connectivity index (χ0n) is 13.4. The predicted molar refractivity (Wildman–Crippen MR) is 82.1 cm³/mol. The van der Waals surface area contributed by atoms with Crippen molar-refractivity contribution >= 4 is 11.7 Å². The summed E-state index contributed by atoms with van der Waals surface area (Å²) in [7, 11) is 1.55. The van der Waals surface area contributed by atoms with E-state index in [0.29, 0.717) is 23.0 Å². The molecule has 2 heterocycles. The van der Waals surface area contributed by atoms with E-state index in [0.717, 1.165) is 11.3 Å². The summed E-state index contributed by atoms with van der Waals surface area (Å²) in [6.07, 6.45) is 0. The molecular weight excluding hydrogens is 284 g/mol. The molecule has 0 saturated carbocycles. The lowest BCUT2D eigenvalue weighted by atomic mass is 10.1. The monoisotopic (exact) mass is 304 g/mol. The number of hydrogen-bond donors (Lipinski definition) is 2. The molecule has 0 aliphatic carbocycles. The summed E-state index contributed by atoms with van der Waals surface area (Å²) in [6.45, 7) is 7.35. The van der Waals surface area contributed by atoms with Crippen molar-refractivity contribution in [1.29, 1.82) is 0 Å². The Bertz CT molecular complexity index is 662. The van der Waals surface area contributed by atoms with E-state index >= 15 is 0 Å². The molecular formula is C15H20N4O3. The van der Waals surface area contributed by atoms with Gasteiger partial charge in [0.15, 0.2) is 0 Å². The lowest BCUT2D eigenvalue weighted by Crippen LogP contribution is -2.31. The second kappa shape index (κ2) is 6.46. The summed E-state index contributed by atoms with van der Waals surface area (Å²) >= 11 is 0. The molecule has 0 aromatic carbocycles. The summed E-state index contributed by atoms with van der Waals surface area (Å²) in [5.74, 6) is 1.21. The zero-order chi connectivity index (χ0) is 16.3. The quantitative estimate of drug-likeness (QED) is 0.906. The smallest absolute Gasteiger partial charge is 0.319 e. The van der Waals surface area contributed by atoms with Gasteiger partial charge in [-0.2, -0.15) is 0 Å². The second-order valence-electron chi connectivity index (χ2n) is 5.04. The first-order valence-electron chi connectivity index (χ1n) is 6.94. The first-order valence-corrected chi connectivity index (χ1v) is 6.94. The van der Waals surface area contributed by atoms with Gasteiger partial charge in [-0.1, -0.05) is 5.16 Å². The van der Waals surface area contributed by atoms with Gasteiger partial charge in [0.25, 0.3) is 0 Å². The van der Waals surface area contributed by atoms with E-state index in [1.807, 2.05) is 20.8 Å². The maximum atomic E-state index is 12.1. The van der Waals surface area contributed by atoms with Crippen LogP contribution in [0.2, 0.25) is 0 Å². The van der Waals surface area contributed by atoms with Crippen LogP contribution in [0.5, 0.6) is 5.88 Å². The molecule has 2 rings (SSSR count). The van der Waals surface area contributed by atoms with Crippen molar-refractivity contribution < 1.29 is 14.1 Å². The van der Waals surface area contributed by atoms with E-state index in [1.165, 1.54) is 0 Å². The number of carbonyl (C=O) groups is 1. The van der Waals surface area contributed by atoms with E-state index in [9.17, 15) is 4.79 Å².